The van der Waals surface area contributed by atoms with E-state index in [9.17, 15) is 9.59 Å². The average molecular weight is 306 g/mol. The molecule has 0 aromatic heterocycles. The molecule has 0 amide bonds. The van der Waals surface area contributed by atoms with Crippen molar-refractivity contribution >= 4 is 11.8 Å². The van der Waals surface area contributed by atoms with Crippen LogP contribution in [0.3, 0.4) is 0 Å². The van der Waals surface area contributed by atoms with Crippen molar-refractivity contribution in [2.75, 3.05) is 14.2 Å². The predicted molar refractivity (Wildman–Crippen MR) is 81.6 cm³/mol. The first kappa shape index (κ1) is 16.3. The van der Waals surface area contributed by atoms with Crippen molar-refractivity contribution in [3.05, 3.63) is 23.8 Å². The van der Waals surface area contributed by atoms with Gasteiger partial charge in [-0.1, -0.05) is 12.8 Å². The van der Waals surface area contributed by atoms with Crippen LogP contribution in [0.1, 0.15) is 48.9 Å². The van der Waals surface area contributed by atoms with Crippen molar-refractivity contribution in [2.24, 2.45) is 5.41 Å². The molecule has 1 aromatic rings. The molecule has 0 unspecified atom stereocenters. The summed E-state index contributed by atoms with van der Waals surface area (Å²) in [4.78, 5) is 23.9. The molecular formula is C17H22O5. The van der Waals surface area contributed by atoms with Crippen molar-refractivity contribution < 1.29 is 24.2 Å². The van der Waals surface area contributed by atoms with Crippen molar-refractivity contribution in [3.63, 3.8) is 0 Å². The zero-order valence-corrected chi connectivity index (χ0v) is 13.1. The van der Waals surface area contributed by atoms with Gasteiger partial charge in [-0.15, -0.1) is 0 Å². The number of carbonyl (C=O) groups excluding carboxylic acids is 1. The number of aliphatic carboxylic acids is 1. The molecule has 0 saturated heterocycles. The van der Waals surface area contributed by atoms with Crippen molar-refractivity contribution in [2.45, 2.75) is 38.5 Å². The van der Waals surface area contributed by atoms with Gasteiger partial charge in [0.1, 0.15) is 11.5 Å². The lowest BCUT2D eigenvalue weighted by Gasteiger charge is -2.26. The van der Waals surface area contributed by atoms with E-state index in [2.05, 4.69) is 0 Å². The van der Waals surface area contributed by atoms with Gasteiger partial charge in [-0.25, -0.2) is 0 Å². The molecule has 1 saturated carbocycles. The van der Waals surface area contributed by atoms with Gasteiger partial charge in [0, 0.05) is 6.42 Å². The SMILES string of the molecule is COc1ccc(OC)c(C(=O)CC2(CC(=O)O)CCCC2)c1. The van der Waals surface area contributed by atoms with E-state index < -0.39 is 11.4 Å². The van der Waals surface area contributed by atoms with Gasteiger partial charge in [0.25, 0.3) is 0 Å². The molecule has 0 aliphatic heterocycles. The summed E-state index contributed by atoms with van der Waals surface area (Å²) in [6, 6.07) is 5.09. The lowest BCUT2D eigenvalue weighted by atomic mass is 9.77. The summed E-state index contributed by atoms with van der Waals surface area (Å²) < 4.78 is 10.4. The van der Waals surface area contributed by atoms with Crippen LogP contribution in [0.2, 0.25) is 0 Å². The molecule has 1 N–H and O–H groups in total. The highest BCUT2D eigenvalue weighted by Gasteiger charge is 2.38. The molecule has 0 atom stereocenters. The topological polar surface area (TPSA) is 72.8 Å². The summed E-state index contributed by atoms with van der Waals surface area (Å²) in [5.74, 6) is 0.156. The Kier molecular flexibility index (Phi) is 5.06. The normalized spacial score (nSPS) is 16.3. The molecular weight excluding hydrogens is 284 g/mol. The van der Waals surface area contributed by atoms with E-state index in [1.165, 1.54) is 7.11 Å². The molecule has 2 rings (SSSR count). The Balaban J connectivity index is 2.25. The first-order valence-electron chi connectivity index (χ1n) is 7.47. The number of rotatable bonds is 7. The highest BCUT2D eigenvalue weighted by atomic mass is 16.5. The van der Waals surface area contributed by atoms with Gasteiger partial charge in [-0.3, -0.25) is 9.59 Å². The zero-order chi connectivity index (χ0) is 16.2. The van der Waals surface area contributed by atoms with Crippen LogP contribution in [0.25, 0.3) is 0 Å². The van der Waals surface area contributed by atoms with Crippen LogP contribution >= 0.6 is 0 Å². The Morgan fingerprint density at radius 1 is 1.14 bits per heavy atom. The second-order valence-corrected chi connectivity index (χ2v) is 5.94. The number of Topliss-reactive ketones (excluding diaryl/α,β-unsaturated/α-hetero) is 1. The molecule has 1 aliphatic carbocycles. The molecule has 5 heteroatoms. The summed E-state index contributed by atoms with van der Waals surface area (Å²) in [5.41, 5.74) is 0.0373. The fraction of sp³-hybridized carbons (Fsp3) is 0.529. The molecule has 0 radical (unpaired) electrons. The van der Waals surface area contributed by atoms with Gasteiger partial charge in [0.2, 0.25) is 0 Å². The number of hydrogen-bond acceptors (Lipinski definition) is 4. The van der Waals surface area contributed by atoms with Crippen LogP contribution in [0.5, 0.6) is 11.5 Å². The highest BCUT2D eigenvalue weighted by Crippen LogP contribution is 2.45. The largest absolute Gasteiger partial charge is 0.497 e. The first-order valence-corrected chi connectivity index (χ1v) is 7.47. The minimum Gasteiger partial charge on any atom is -0.497 e. The standard InChI is InChI=1S/C17H22O5/c1-21-12-5-6-15(22-2)13(9-12)14(18)10-17(11-16(19)20)7-3-4-8-17/h5-6,9H,3-4,7-8,10-11H2,1-2H3,(H,19,20). The summed E-state index contributed by atoms with van der Waals surface area (Å²) >= 11 is 0. The summed E-state index contributed by atoms with van der Waals surface area (Å²) in [7, 11) is 3.06. The molecule has 0 bridgehead atoms. The van der Waals surface area contributed by atoms with Gasteiger partial charge in [0.15, 0.2) is 5.78 Å². The maximum atomic E-state index is 12.7. The number of hydrogen-bond donors (Lipinski definition) is 1. The van der Waals surface area contributed by atoms with Gasteiger partial charge in [-0.05, 0) is 36.5 Å². The monoisotopic (exact) mass is 306 g/mol. The van der Waals surface area contributed by atoms with Crippen LogP contribution in [0, 0.1) is 5.41 Å². The third-order valence-corrected chi connectivity index (χ3v) is 4.43. The van der Waals surface area contributed by atoms with E-state index in [1.54, 1.807) is 25.3 Å². The van der Waals surface area contributed by atoms with Gasteiger partial charge >= 0.3 is 5.97 Å². The Labute approximate surface area is 130 Å². The quantitative estimate of drug-likeness (QED) is 0.782. The predicted octanol–water partition coefficient (Wildman–Crippen LogP) is 3.31. The van der Waals surface area contributed by atoms with Crippen molar-refractivity contribution in [3.8, 4) is 11.5 Å². The third-order valence-electron chi connectivity index (χ3n) is 4.43. The Bertz CT molecular complexity index is 558. The second kappa shape index (κ2) is 6.81. The van der Waals surface area contributed by atoms with Crippen LogP contribution in [0.4, 0.5) is 0 Å². The number of carbonyl (C=O) groups is 2. The Hall–Kier alpha value is -2.04. The minimum absolute atomic E-state index is 0.0467. The fourth-order valence-electron chi connectivity index (χ4n) is 3.33. The summed E-state index contributed by atoms with van der Waals surface area (Å²) in [6.45, 7) is 0. The number of ketones is 1. The van der Waals surface area contributed by atoms with Crippen molar-refractivity contribution in [1.29, 1.82) is 0 Å². The zero-order valence-electron chi connectivity index (χ0n) is 13.1. The van der Waals surface area contributed by atoms with Gasteiger partial charge in [0.05, 0.1) is 26.2 Å². The molecule has 1 fully saturated rings. The Morgan fingerprint density at radius 2 is 1.82 bits per heavy atom. The average Bonchev–Trinajstić information content (AvgIpc) is 2.93. The number of benzene rings is 1. The maximum Gasteiger partial charge on any atom is 0.303 e. The smallest absolute Gasteiger partial charge is 0.303 e. The van der Waals surface area contributed by atoms with E-state index >= 15 is 0 Å². The Morgan fingerprint density at radius 3 is 2.36 bits per heavy atom. The highest BCUT2D eigenvalue weighted by molar-refractivity contribution is 5.99. The second-order valence-electron chi connectivity index (χ2n) is 5.94. The lowest BCUT2D eigenvalue weighted by Crippen LogP contribution is -2.25. The molecule has 0 spiro atoms. The minimum atomic E-state index is -0.840. The van der Waals surface area contributed by atoms with E-state index in [0.29, 0.717) is 17.1 Å². The third kappa shape index (κ3) is 3.59. The van der Waals surface area contributed by atoms with E-state index in [0.717, 1.165) is 25.7 Å². The molecule has 120 valence electrons. The fourth-order valence-corrected chi connectivity index (χ4v) is 3.33. The maximum absolute atomic E-state index is 12.7. The van der Waals surface area contributed by atoms with E-state index in [1.807, 2.05) is 0 Å². The molecule has 5 nitrogen and oxygen atoms in total. The van der Waals surface area contributed by atoms with Crippen LogP contribution in [-0.2, 0) is 4.79 Å². The molecule has 1 aromatic carbocycles. The van der Waals surface area contributed by atoms with Crippen molar-refractivity contribution in [1.82, 2.24) is 0 Å². The molecule has 22 heavy (non-hydrogen) atoms. The molecule has 1 aliphatic rings. The summed E-state index contributed by atoms with van der Waals surface area (Å²) in [6.07, 6.45) is 3.83. The van der Waals surface area contributed by atoms with Gasteiger partial charge in [-0.2, -0.15) is 0 Å². The van der Waals surface area contributed by atoms with Gasteiger partial charge < -0.3 is 14.6 Å². The summed E-state index contributed by atoms with van der Waals surface area (Å²) in [5, 5.41) is 9.15. The molecule has 0 heterocycles. The van der Waals surface area contributed by atoms with Crippen LogP contribution in [-0.4, -0.2) is 31.1 Å². The van der Waals surface area contributed by atoms with Crippen LogP contribution < -0.4 is 9.47 Å². The van der Waals surface area contributed by atoms with E-state index in [-0.39, 0.29) is 18.6 Å². The van der Waals surface area contributed by atoms with Crippen LogP contribution in [0.15, 0.2) is 18.2 Å². The number of ether oxygens (including phenoxy) is 2. The number of methoxy groups -OCH3 is 2. The number of carboxylic acids is 1. The lowest BCUT2D eigenvalue weighted by molar-refractivity contribution is -0.139. The number of carboxylic acid groups (broad SMARTS) is 1. The first-order chi connectivity index (χ1) is 10.5. The van der Waals surface area contributed by atoms with E-state index in [4.69, 9.17) is 14.6 Å².